The van der Waals surface area contributed by atoms with E-state index in [2.05, 4.69) is 10.2 Å². The number of amides is 2. The van der Waals surface area contributed by atoms with Crippen LogP contribution in [0.4, 0.5) is 0 Å². The zero-order valence-corrected chi connectivity index (χ0v) is 19.2. The maximum Gasteiger partial charge on any atom is 0.241 e. The molecule has 2 saturated heterocycles. The van der Waals surface area contributed by atoms with Crippen LogP contribution in [0.5, 0.6) is 0 Å². The fourth-order valence-electron chi connectivity index (χ4n) is 7.86. The molecule has 2 heterocycles. The quantitative estimate of drug-likeness (QED) is 0.673. The van der Waals surface area contributed by atoms with Crippen LogP contribution in [-0.2, 0) is 14.3 Å². The number of rotatable bonds is 7. The molecule has 0 unspecified atom stereocenters. The highest BCUT2D eigenvalue weighted by Gasteiger charge is 2.51. The lowest BCUT2D eigenvalue weighted by atomic mass is 9.49. The molecule has 0 aromatic carbocycles. The lowest BCUT2D eigenvalue weighted by molar-refractivity contribution is -0.136. The third kappa shape index (κ3) is 5.27. The van der Waals surface area contributed by atoms with E-state index in [1.807, 2.05) is 4.90 Å². The zero-order chi connectivity index (χ0) is 21.3. The van der Waals surface area contributed by atoms with E-state index in [0.29, 0.717) is 6.42 Å². The molecule has 0 radical (unpaired) electrons. The Morgan fingerprint density at radius 3 is 2.13 bits per heavy atom. The Morgan fingerprint density at radius 2 is 1.52 bits per heavy atom. The van der Waals surface area contributed by atoms with Crippen molar-refractivity contribution in [3.63, 3.8) is 0 Å². The zero-order valence-electron chi connectivity index (χ0n) is 19.2. The summed E-state index contributed by atoms with van der Waals surface area (Å²) in [6.07, 6.45) is 12.0. The van der Waals surface area contributed by atoms with Gasteiger partial charge in [-0.3, -0.25) is 14.5 Å². The number of morpholine rings is 1. The highest BCUT2D eigenvalue weighted by molar-refractivity contribution is 5.85. The van der Waals surface area contributed by atoms with Gasteiger partial charge in [0.1, 0.15) is 0 Å². The molecule has 4 bridgehead atoms. The number of nitrogens with one attached hydrogen (secondary N) is 1. The maximum atomic E-state index is 12.7. The fourth-order valence-corrected chi connectivity index (χ4v) is 7.86. The third-order valence-corrected chi connectivity index (χ3v) is 9.06. The van der Waals surface area contributed by atoms with Gasteiger partial charge in [0.15, 0.2) is 0 Å². The Labute approximate surface area is 187 Å². The summed E-state index contributed by atoms with van der Waals surface area (Å²) in [5, 5.41) is 2.99. The van der Waals surface area contributed by atoms with Gasteiger partial charge in [-0.1, -0.05) is 0 Å². The monoisotopic (exact) mass is 431 g/mol. The SMILES string of the molecule is O=C(CC12CC3CC(CC(C3)C1)C2)NCC(=O)N1CCC(CCN2CCOCC2)CC1. The lowest BCUT2D eigenvalue weighted by Crippen LogP contribution is -2.49. The molecule has 6 nitrogen and oxygen atoms in total. The molecule has 31 heavy (non-hydrogen) atoms. The van der Waals surface area contributed by atoms with Crippen LogP contribution < -0.4 is 5.32 Å². The van der Waals surface area contributed by atoms with Crippen LogP contribution in [0, 0.1) is 29.1 Å². The molecule has 4 saturated carbocycles. The second-order valence-corrected chi connectivity index (χ2v) is 11.4. The Bertz CT molecular complexity index is 617. The van der Waals surface area contributed by atoms with Gasteiger partial charge in [-0.05, 0) is 93.4 Å². The van der Waals surface area contributed by atoms with Gasteiger partial charge < -0.3 is 15.0 Å². The molecule has 6 aliphatic rings. The van der Waals surface area contributed by atoms with Crippen LogP contribution in [0.25, 0.3) is 0 Å². The van der Waals surface area contributed by atoms with Gasteiger partial charge in [0.25, 0.3) is 0 Å². The van der Waals surface area contributed by atoms with Crippen molar-refractivity contribution in [3.8, 4) is 0 Å². The highest BCUT2D eigenvalue weighted by atomic mass is 16.5. The van der Waals surface area contributed by atoms with Crippen LogP contribution in [0.3, 0.4) is 0 Å². The number of piperidine rings is 1. The maximum absolute atomic E-state index is 12.7. The average molecular weight is 432 g/mol. The minimum Gasteiger partial charge on any atom is -0.379 e. The van der Waals surface area contributed by atoms with Crippen molar-refractivity contribution in [1.82, 2.24) is 15.1 Å². The van der Waals surface area contributed by atoms with Crippen molar-refractivity contribution in [1.29, 1.82) is 0 Å². The topological polar surface area (TPSA) is 61.9 Å². The summed E-state index contributed by atoms with van der Waals surface area (Å²) in [4.78, 5) is 29.8. The Balaban J connectivity index is 1.00. The van der Waals surface area contributed by atoms with Crippen LogP contribution in [0.2, 0.25) is 0 Å². The highest BCUT2D eigenvalue weighted by Crippen LogP contribution is 2.61. The first-order valence-electron chi connectivity index (χ1n) is 12.9. The predicted octanol–water partition coefficient (Wildman–Crippen LogP) is 2.67. The largest absolute Gasteiger partial charge is 0.379 e. The lowest BCUT2D eigenvalue weighted by Gasteiger charge is -2.56. The normalized spacial score (nSPS) is 36.0. The van der Waals surface area contributed by atoms with Gasteiger partial charge >= 0.3 is 0 Å². The number of carbonyl (C=O) groups is 2. The molecule has 1 N–H and O–H groups in total. The van der Waals surface area contributed by atoms with Crippen LogP contribution in [0.1, 0.15) is 64.2 Å². The average Bonchev–Trinajstić information content (AvgIpc) is 2.76. The van der Waals surface area contributed by atoms with Crippen molar-refractivity contribution < 1.29 is 14.3 Å². The Hall–Kier alpha value is -1.14. The third-order valence-electron chi connectivity index (χ3n) is 9.06. The fraction of sp³-hybridized carbons (Fsp3) is 0.920. The molecule has 2 amide bonds. The van der Waals surface area contributed by atoms with Gasteiger partial charge in [0.2, 0.25) is 11.8 Å². The van der Waals surface area contributed by atoms with E-state index in [4.69, 9.17) is 4.74 Å². The van der Waals surface area contributed by atoms with Crippen molar-refractivity contribution in [2.45, 2.75) is 64.2 Å². The second kappa shape index (κ2) is 9.38. The summed E-state index contributed by atoms with van der Waals surface area (Å²) < 4.78 is 5.42. The molecule has 4 aliphatic carbocycles. The molecule has 0 aromatic rings. The van der Waals surface area contributed by atoms with Crippen molar-refractivity contribution >= 4 is 11.8 Å². The van der Waals surface area contributed by atoms with Gasteiger partial charge in [0.05, 0.1) is 19.8 Å². The van der Waals surface area contributed by atoms with Crippen molar-refractivity contribution in [3.05, 3.63) is 0 Å². The molecular formula is C25H41N3O3. The number of hydrogen-bond acceptors (Lipinski definition) is 4. The molecule has 6 heteroatoms. The number of ether oxygens (including phenoxy) is 1. The van der Waals surface area contributed by atoms with E-state index in [0.717, 1.165) is 82.5 Å². The first-order valence-corrected chi connectivity index (χ1v) is 12.9. The number of hydrogen-bond donors (Lipinski definition) is 1. The molecule has 6 fully saturated rings. The smallest absolute Gasteiger partial charge is 0.241 e. The molecule has 6 rings (SSSR count). The van der Waals surface area contributed by atoms with Gasteiger partial charge in [0, 0.05) is 32.6 Å². The molecule has 0 atom stereocenters. The summed E-state index contributed by atoms with van der Waals surface area (Å²) >= 11 is 0. The molecule has 174 valence electrons. The van der Waals surface area contributed by atoms with E-state index in [1.165, 1.54) is 44.9 Å². The first kappa shape index (κ1) is 21.7. The number of likely N-dealkylation sites (tertiary alicyclic amines) is 1. The second-order valence-electron chi connectivity index (χ2n) is 11.4. The summed E-state index contributed by atoms with van der Waals surface area (Å²) in [6, 6.07) is 0. The van der Waals surface area contributed by atoms with Crippen LogP contribution in [0.15, 0.2) is 0 Å². The minimum absolute atomic E-state index is 0.102. The van der Waals surface area contributed by atoms with E-state index in [-0.39, 0.29) is 23.8 Å². The van der Waals surface area contributed by atoms with E-state index in [9.17, 15) is 9.59 Å². The van der Waals surface area contributed by atoms with Crippen LogP contribution in [-0.4, -0.2) is 74.1 Å². The van der Waals surface area contributed by atoms with E-state index in [1.54, 1.807) is 0 Å². The number of nitrogens with zero attached hydrogens (tertiary/aromatic N) is 2. The van der Waals surface area contributed by atoms with Gasteiger partial charge in [-0.15, -0.1) is 0 Å². The first-order chi connectivity index (χ1) is 15.1. The van der Waals surface area contributed by atoms with Gasteiger partial charge in [-0.2, -0.15) is 0 Å². The van der Waals surface area contributed by atoms with Crippen LogP contribution >= 0.6 is 0 Å². The standard InChI is InChI=1S/C25H41N3O3/c29-23(17-25-14-20-11-21(15-25)13-22(12-20)16-25)26-18-24(30)28-5-2-19(3-6-28)1-4-27-7-9-31-10-8-27/h19-22H,1-18H2,(H,26,29). The predicted molar refractivity (Wildman–Crippen MR) is 119 cm³/mol. The minimum atomic E-state index is 0.102. The van der Waals surface area contributed by atoms with Crippen molar-refractivity contribution in [2.75, 3.05) is 52.5 Å². The van der Waals surface area contributed by atoms with E-state index >= 15 is 0 Å². The van der Waals surface area contributed by atoms with Gasteiger partial charge in [-0.25, -0.2) is 0 Å². The van der Waals surface area contributed by atoms with E-state index < -0.39 is 0 Å². The number of carbonyl (C=O) groups excluding carboxylic acids is 2. The summed E-state index contributed by atoms with van der Waals surface area (Å²) in [6.45, 7) is 6.87. The Morgan fingerprint density at radius 1 is 0.903 bits per heavy atom. The summed E-state index contributed by atoms with van der Waals surface area (Å²) in [5.41, 5.74) is 0.251. The molecule has 0 spiro atoms. The Kier molecular flexibility index (Phi) is 6.57. The molecule has 2 aliphatic heterocycles. The summed E-state index contributed by atoms with van der Waals surface area (Å²) in [5.74, 6) is 3.53. The summed E-state index contributed by atoms with van der Waals surface area (Å²) in [7, 11) is 0. The van der Waals surface area contributed by atoms with Crippen molar-refractivity contribution in [2.24, 2.45) is 29.1 Å². The molecule has 0 aromatic heterocycles. The molecular weight excluding hydrogens is 390 g/mol.